The summed E-state index contributed by atoms with van der Waals surface area (Å²) in [5.74, 6) is 3.02. The highest BCUT2D eigenvalue weighted by molar-refractivity contribution is 7.98. The second-order valence-electron chi connectivity index (χ2n) is 5.43. The number of halogens is 1. The molecule has 1 amide bonds. The number of fused-ring (bicyclic) bond motifs is 1. The van der Waals surface area contributed by atoms with Crippen LogP contribution in [0.5, 0.6) is 5.75 Å². The van der Waals surface area contributed by atoms with Crippen LogP contribution in [0.1, 0.15) is 20.9 Å². The third-order valence-corrected chi connectivity index (χ3v) is 6.10. The molecule has 128 valence electrons. The van der Waals surface area contributed by atoms with Gasteiger partial charge in [0.1, 0.15) is 11.6 Å². The number of methoxy groups -OCH3 is 1. The Morgan fingerprint density at radius 3 is 2.72 bits per heavy atom. The van der Waals surface area contributed by atoms with Gasteiger partial charge in [0.2, 0.25) is 0 Å². The van der Waals surface area contributed by atoms with E-state index in [0.29, 0.717) is 9.21 Å². The molecule has 25 heavy (non-hydrogen) atoms. The van der Waals surface area contributed by atoms with Gasteiger partial charge in [-0.2, -0.15) is 16.9 Å². The summed E-state index contributed by atoms with van der Waals surface area (Å²) >= 11 is 9.00. The van der Waals surface area contributed by atoms with Crippen molar-refractivity contribution >= 4 is 46.4 Å². The number of hydrogen-bond donors (Lipinski definition) is 1. The lowest BCUT2D eigenvalue weighted by Crippen LogP contribution is -2.15. The number of thioether (sulfide) groups is 1. The van der Waals surface area contributed by atoms with Crippen molar-refractivity contribution in [3.05, 3.63) is 56.9 Å². The molecule has 0 saturated carbocycles. The minimum atomic E-state index is -0.175. The molecule has 0 aliphatic carbocycles. The molecule has 0 bridgehead atoms. The fraction of sp³-hybridized carbons (Fsp3) is 0.176. The van der Waals surface area contributed by atoms with Gasteiger partial charge in [-0.05, 0) is 36.4 Å². The molecule has 5 nitrogen and oxygen atoms in total. The Morgan fingerprint density at radius 1 is 1.24 bits per heavy atom. The third-order valence-electron chi connectivity index (χ3n) is 3.90. The van der Waals surface area contributed by atoms with E-state index >= 15 is 0 Å². The van der Waals surface area contributed by atoms with Crippen molar-refractivity contribution < 1.29 is 9.53 Å². The number of benzene rings is 1. The summed E-state index contributed by atoms with van der Waals surface area (Å²) in [5, 5.41) is 7.70. The molecule has 0 fully saturated rings. The van der Waals surface area contributed by atoms with Crippen LogP contribution in [-0.2, 0) is 11.5 Å². The summed E-state index contributed by atoms with van der Waals surface area (Å²) in [4.78, 5) is 13.2. The zero-order valence-electron chi connectivity index (χ0n) is 13.3. The summed E-state index contributed by atoms with van der Waals surface area (Å²) in [7, 11) is 1.63. The number of carbonyl (C=O) groups is 1. The molecule has 0 spiro atoms. The number of aromatic nitrogens is 2. The van der Waals surface area contributed by atoms with Crippen LogP contribution < -0.4 is 10.1 Å². The Kier molecular flexibility index (Phi) is 4.45. The highest BCUT2D eigenvalue weighted by Crippen LogP contribution is 2.36. The minimum Gasteiger partial charge on any atom is -0.497 e. The van der Waals surface area contributed by atoms with Crippen molar-refractivity contribution in [1.29, 1.82) is 0 Å². The van der Waals surface area contributed by atoms with Crippen molar-refractivity contribution in [3.63, 3.8) is 0 Å². The lowest BCUT2D eigenvalue weighted by molar-refractivity contribution is 0.102. The first-order valence-electron chi connectivity index (χ1n) is 7.55. The average Bonchev–Trinajstić information content (AvgIpc) is 3.32. The number of anilines is 1. The molecule has 0 unspecified atom stereocenters. The summed E-state index contributed by atoms with van der Waals surface area (Å²) in [5.41, 5.74) is 2.97. The third kappa shape index (κ3) is 3.15. The van der Waals surface area contributed by atoms with Crippen molar-refractivity contribution in [1.82, 2.24) is 9.78 Å². The van der Waals surface area contributed by atoms with Crippen LogP contribution in [0.3, 0.4) is 0 Å². The van der Waals surface area contributed by atoms with E-state index in [-0.39, 0.29) is 5.91 Å². The van der Waals surface area contributed by atoms with Crippen LogP contribution in [0.4, 0.5) is 5.82 Å². The highest BCUT2D eigenvalue weighted by Gasteiger charge is 2.25. The zero-order chi connectivity index (χ0) is 17.4. The molecule has 2 aromatic heterocycles. The first-order chi connectivity index (χ1) is 12.2. The molecule has 1 aliphatic heterocycles. The van der Waals surface area contributed by atoms with Crippen molar-refractivity contribution in [3.8, 4) is 11.4 Å². The Morgan fingerprint density at radius 2 is 2.04 bits per heavy atom. The van der Waals surface area contributed by atoms with E-state index in [4.69, 9.17) is 16.3 Å². The van der Waals surface area contributed by atoms with Crippen LogP contribution in [0.15, 0.2) is 36.4 Å². The molecule has 0 saturated heterocycles. The van der Waals surface area contributed by atoms with Gasteiger partial charge in [0.05, 0.1) is 27.7 Å². The number of nitrogens with one attached hydrogen (secondary N) is 1. The molecule has 1 N–H and O–H groups in total. The maximum absolute atomic E-state index is 12.6. The van der Waals surface area contributed by atoms with Crippen molar-refractivity contribution in [2.45, 2.75) is 11.5 Å². The first kappa shape index (κ1) is 16.5. The van der Waals surface area contributed by atoms with E-state index in [2.05, 4.69) is 10.4 Å². The zero-order valence-corrected chi connectivity index (χ0v) is 15.7. The van der Waals surface area contributed by atoms with Crippen LogP contribution >= 0.6 is 34.7 Å². The molecule has 0 radical (unpaired) electrons. The molecular weight excluding hydrogens is 378 g/mol. The highest BCUT2D eigenvalue weighted by atomic mass is 35.5. The Balaban J connectivity index is 1.71. The van der Waals surface area contributed by atoms with Gasteiger partial charge in [-0.3, -0.25) is 4.79 Å². The number of ether oxygens (including phenoxy) is 1. The van der Waals surface area contributed by atoms with Crippen molar-refractivity contribution in [2.75, 3.05) is 12.4 Å². The molecule has 8 heteroatoms. The molecule has 1 aliphatic rings. The SMILES string of the molecule is COc1ccc(-n2nc3c(c2NC(=O)c2ccc(Cl)s2)CSC3)cc1. The van der Waals surface area contributed by atoms with E-state index in [1.807, 2.05) is 24.3 Å². The fourth-order valence-corrected chi connectivity index (χ4v) is 4.63. The van der Waals surface area contributed by atoms with E-state index in [0.717, 1.165) is 40.0 Å². The summed E-state index contributed by atoms with van der Waals surface area (Å²) in [6, 6.07) is 11.0. The minimum absolute atomic E-state index is 0.175. The lowest BCUT2D eigenvalue weighted by atomic mass is 10.2. The van der Waals surface area contributed by atoms with E-state index in [1.54, 1.807) is 35.7 Å². The first-order valence-corrected chi connectivity index (χ1v) is 9.90. The van der Waals surface area contributed by atoms with Crippen molar-refractivity contribution in [2.24, 2.45) is 0 Å². The quantitative estimate of drug-likeness (QED) is 0.706. The predicted molar refractivity (Wildman–Crippen MR) is 102 cm³/mol. The number of thiophene rings is 1. The molecule has 3 heterocycles. The monoisotopic (exact) mass is 391 g/mol. The second kappa shape index (κ2) is 6.74. The van der Waals surface area contributed by atoms with Crippen LogP contribution in [0.2, 0.25) is 4.34 Å². The normalized spacial score (nSPS) is 12.9. The van der Waals surface area contributed by atoms with Gasteiger partial charge in [-0.15, -0.1) is 11.3 Å². The van der Waals surface area contributed by atoms with Gasteiger partial charge in [-0.1, -0.05) is 11.6 Å². The Labute approximate surface area is 157 Å². The van der Waals surface area contributed by atoms with E-state index in [1.165, 1.54) is 11.3 Å². The molecule has 1 aromatic carbocycles. The molecule has 4 rings (SSSR count). The average molecular weight is 392 g/mol. The van der Waals surface area contributed by atoms with E-state index in [9.17, 15) is 4.79 Å². The topological polar surface area (TPSA) is 56.1 Å². The maximum Gasteiger partial charge on any atom is 0.266 e. The van der Waals surface area contributed by atoms with Gasteiger partial charge in [0, 0.05) is 17.1 Å². The number of amides is 1. The second-order valence-corrected chi connectivity index (χ2v) is 8.14. The predicted octanol–water partition coefficient (Wildman–Crippen LogP) is 4.59. The molecule has 0 atom stereocenters. The van der Waals surface area contributed by atoms with Gasteiger partial charge in [0.15, 0.2) is 0 Å². The van der Waals surface area contributed by atoms with Crippen LogP contribution in [0, 0.1) is 0 Å². The standard InChI is InChI=1S/C17H14ClN3O2S2/c1-23-11-4-2-10(3-5-11)21-16(12-8-24-9-13(12)20-21)19-17(22)14-6-7-15(18)25-14/h2-7H,8-9H2,1H3,(H,19,22). The van der Waals surface area contributed by atoms with Gasteiger partial charge in [0.25, 0.3) is 5.91 Å². The summed E-state index contributed by atoms with van der Waals surface area (Å²) < 4.78 is 7.59. The largest absolute Gasteiger partial charge is 0.497 e. The Bertz CT molecular complexity index is 934. The van der Waals surface area contributed by atoms with Gasteiger partial charge in [-0.25, -0.2) is 4.68 Å². The number of rotatable bonds is 4. The number of carbonyl (C=O) groups excluding carboxylic acids is 1. The van der Waals surface area contributed by atoms with Gasteiger partial charge < -0.3 is 10.1 Å². The summed E-state index contributed by atoms with van der Waals surface area (Å²) in [6.07, 6.45) is 0. The van der Waals surface area contributed by atoms with E-state index < -0.39 is 0 Å². The molecular formula is C17H14ClN3O2S2. The van der Waals surface area contributed by atoms with Crippen LogP contribution in [0.25, 0.3) is 5.69 Å². The lowest BCUT2D eigenvalue weighted by Gasteiger charge is -2.11. The van der Waals surface area contributed by atoms with Crippen LogP contribution in [-0.4, -0.2) is 22.8 Å². The smallest absolute Gasteiger partial charge is 0.266 e. The number of nitrogens with zero attached hydrogens (tertiary/aromatic N) is 2. The number of hydrogen-bond acceptors (Lipinski definition) is 5. The fourth-order valence-electron chi connectivity index (χ4n) is 2.66. The Hall–Kier alpha value is -1.96. The maximum atomic E-state index is 12.6. The molecule has 3 aromatic rings. The summed E-state index contributed by atoms with van der Waals surface area (Å²) in [6.45, 7) is 0. The van der Waals surface area contributed by atoms with Gasteiger partial charge >= 0.3 is 0 Å².